The SMILES string of the molecule is CN1CCC[C@H]1COc1ccc(F)c(F)c1.Cl. The Morgan fingerprint density at radius 3 is 2.71 bits per heavy atom. The maximum Gasteiger partial charge on any atom is 0.162 e. The topological polar surface area (TPSA) is 12.5 Å². The number of halogens is 3. The van der Waals surface area contributed by atoms with Crippen molar-refractivity contribution in [3.05, 3.63) is 29.8 Å². The molecule has 0 aromatic heterocycles. The molecule has 0 amide bonds. The molecule has 0 radical (unpaired) electrons. The Labute approximate surface area is 106 Å². The number of likely N-dealkylation sites (N-methyl/N-ethyl adjacent to an activating group) is 1. The first-order valence-corrected chi connectivity index (χ1v) is 5.45. The molecule has 0 aliphatic carbocycles. The molecule has 2 nitrogen and oxygen atoms in total. The maximum atomic E-state index is 12.9. The number of hydrogen-bond donors (Lipinski definition) is 0. The fourth-order valence-corrected chi connectivity index (χ4v) is 1.95. The molecule has 1 aromatic carbocycles. The van der Waals surface area contributed by atoms with E-state index in [9.17, 15) is 8.78 Å². The van der Waals surface area contributed by atoms with Crippen molar-refractivity contribution in [1.82, 2.24) is 4.90 Å². The Bertz CT molecular complexity index is 376. The molecule has 5 heteroatoms. The number of likely N-dealkylation sites (tertiary alicyclic amines) is 1. The smallest absolute Gasteiger partial charge is 0.162 e. The number of benzene rings is 1. The molecule has 1 aliphatic heterocycles. The van der Waals surface area contributed by atoms with Crippen LogP contribution in [0, 0.1) is 11.6 Å². The normalized spacial score (nSPS) is 20.1. The van der Waals surface area contributed by atoms with Gasteiger partial charge in [-0.05, 0) is 38.6 Å². The van der Waals surface area contributed by atoms with E-state index in [0.717, 1.165) is 25.1 Å². The monoisotopic (exact) mass is 263 g/mol. The summed E-state index contributed by atoms with van der Waals surface area (Å²) in [6, 6.07) is 4.01. The van der Waals surface area contributed by atoms with Crippen molar-refractivity contribution in [2.75, 3.05) is 20.2 Å². The van der Waals surface area contributed by atoms with Gasteiger partial charge in [-0.2, -0.15) is 0 Å². The van der Waals surface area contributed by atoms with Gasteiger partial charge >= 0.3 is 0 Å². The first-order chi connectivity index (χ1) is 7.66. The van der Waals surface area contributed by atoms with Crippen molar-refractivity contribution in [3.8, 4) is 5.75 Å². The van der Waals surface area contributed by atoms with Gasteiger partial charge in [0, 0.05) is 12.1 Å². The molecule has 0 N–H and O–H groups in total. The second kappa shape index (κ2) is 6.17. The Morgan fingerprint density at radius 1 is 1.35 bits per heavy atom. The zero-order chi connectivity index (χ0) is 11.5. The number of rotatable bonds is 3. The summed E-state index contributed by atoms with van der Waals surface area (Å²) in [5, 5.41) is 0. The molecule has 0 saturated carbocycles. The van der Waals surface area contributed by atoms with E-state index >= 15 is 0 Å². The van der Waals surface area contributed by atoms with Gasteiger partial charge in [-0.15, -0.1) is 12.4 Å². The summed E-state index contributed by atoms with van der Waals surface area (Å²) in [7, 11) is 2.05. The highest BCUT2D eigenvalue weighted by molar-refractivity contribution is 5.85. The summed E-state index contributed by atoms with van der Waals surface area (Å²) in [5.41, 5.74) is 0. The lowest BCUT2D eigenvalue weighted by atomic mass is 10.2. The van der Waals surface area contributed by atoms with Gasteiger partial charge in [-0.1, -0.05) is 0 Å². The number of nitrogens with zero attached hydrogens (tertiary/aromatic N) is 1. The van der Waals surface area contributed by atoms with Crippen molar-refractivity contribution in [3.63, 3.8) is 0 Å². The van der Waals surface area contributed by atoms with E-state index in [1.807, 2.05) is 7.05 Å². The van der Waals surface area contributed by atoms with Gasteiger partial charge in [-0.25, -0.2) is 8.78 Å². The van der Waals surface area contributed by atoms with Crippen LogP contribution in [0.4, 0.5) is 8.78 Å². The summed E-state index contributed by atoms with van der Waals surface area (Å²) in [6.45, 7) is 1.60. The van der Waals surface area contributed by atoms with Crippen molar-refractivity contribution in [2.45, 2.75) is 18.9 Å². The quantitative estimate of drug-likeness (QED) is 0.832. The van der Waals surface area contributed by atoms with E-state index in [0.29, 0.717) is 18.4 Å². The molecular formula is C12H16ClF2NO. The predicted molar refractivity (Wildman–Crippen MR) is 64.8 cm³/mol. The largest absolute Gasteiger partial charge is 0.492 e. The van der Waals surface area contributed by atoms with E-state index in [1.54, 1.807) is 0 Å². The molecular weight excluding hydrogens is 248 g/mol. The second-order valence-corrected chi connectivity index (χ2v) is 4.16. The zero-order valence-electron chi connectivity index (χ0n) is 9.66. The van der Waals surface area contributed by atoms with Crippen molar-refractivity contribution in [2.24, 2.45) is 0 Å². The fourth-order valence-electron chi connectivity index (χ4n) is 1.95. The summed E-state index contributed by atoms with van der Waals surface area (Å²) >= 11 is 0. The first kappa shape index (κ1) is 14.2. The van der Waals surface area contributed by atoms with Crippen LogP contribution in [-0.2, 0) is 0 Å². The highest BCUT2D eigenvalue weighted by atomic mass is 35.5. The van der Waals surface area contributed by atoms with Gasteiger partial charge in [0.25, 0.3) is 0 Å². The van der Waals surface area contributed by atoms with Crippen LogP contribution in [0.1, 0.15) is 12.8 Å². The van der Waals surface area contributed by atoms with E-state index in [4.69, 9.17) is 4.74 Å². The van der Waals surface area contributed by atoms with Gasteiger partial charge in [0.2, 0.25) is 0 Å². The van der Waals surface area contributed by atoms with Crippen LogP contribution in [0.3, 0.4) is 0 Å². The van der Waals surface area contributed by atoms with Gasteiger partial charge in [-0.3, -0.25) is 0 Å². The molecule has 1 fully saturated rings. The highest BCUT2D eigenvalue weighted by Crippen LogP contribution is 2.19. The van der Waals surface area contributed by atoms with E-state index in [-0.39, 0.29) is 12.4 Å². The lowest BCUT2D eigenvalue weighted by Gasteiger charge is -2.19. The molecule has 1 atom stereocenters. The molecule has 17 heavy (non-hydrogen) atoms. The van der Waals surface area contributed by atoms with E-state index in [2.05, 4.69) is 4.90 Å². The number of ether oxygens (including phenoxy) is 1. The standard InChI is InChI=1S/C12H15F2NO.ClH/c1-15-6-2-3-9(15)8-16-10-4-5-11(13)12(14)7-10;/h4-5,7,9H,2-3,6,8H2,1H3;1H/t9-;/m0./s1. The summed E-state index contributed by atoms with van der Waals surface area (Å²) < 4.78 is 31.0. The first-order valence-electron chi connectivity index (χ1n) is 5.45. The fraction of sp³-hybridized carbons (Fsp3) is 0.500. The minimum Gasteiger partial charge on any atom is -0.492 e. The third-order valence-corrected chi connectivity index (χ3v) is 3.00. The molecule has 1 aliphatic rings. The lowest BCUT2D eigenvalue weighted by molar-refractivity contribution is 0.197. The summed E-state index contributed by atoms with van der Waals surface area (Å²) in [6.07, 6.45) is 2.27. The van der Waals surface area contributed by atoms with Crippen LogP contribution in [0.5, 0.6) is 5.75 Å². The Balaban J connectivity index is 0.00000144. The average molecular weight is 264 g/mol. The zero-order valence-corrected chi connectivity index (χ0v) is 10.5. The molecule has 0 spiro atoms. The van der Waals surface area contributed by atoms with Gasteiger partial charge in [0.1, 0.15) is 12.4 Å². The minimum absolute atomic E-state index is 0. The van der Waals surface area contributed by atoms with E-state index in [1.165, 1.54) is 12.5 Å². The number of hydrogen-bond acceptors (Lipinski definition) is 2. The van der Waals surface area contributed by atoms with Crippen LogP contribution in [-0.4, -0.2) is 31.1 Å². The van der Waals surface area contributed by atoms with Crippen LogP contribution in [0.2, 0.25) is 0 Å². The van der Waals surface area contributed by atoms with Crippen LogP contribution >= 0.6 is 12.4 Å². The predicted octanol–water partition coefficient (Wildman–Crippen LogP) is 2.86. The average Bonchev–Trinajstić information content (AvgIpc) is 2.66. The van der Waals surface area contributed by atoms with E-state index < -0.39 is 11.6 Å². The molecule has 1 heterocycles. The molecule has 1 saturated heterocycles. The van der Waals surface area contributed by atoms with Crippen molar-refractivity contribution in [1.29, 1.82) is 0 Å². The minimum atomic E-state index is -0.864. The Morgan fingerprint density at radius 2 is 2.12 bits per heavy atom. The molecule has 0 unspecified atom stereocenters. The summed E-state index contributed by atoms with van der Waals surface area (Å²) in [5.74, 6) is -1.32. The maximum absolute atomic E-state index is 12.9. The molecule has 1 aromatic rings. The second-order valence-electron chi connectivity index (χ2n) is 4.16. The molecule has 0 bridgehead atoms. The Hall–Kier alpha value is -0.870. The highest BCUT2D eigenvalue weighted by Gasteiger charge is 2.21. The van der Waals surface area contributed by atoms with Crippen molar-refractivity contribution < 1.29 is 13.5 Å². The molecule has 96 valence electrons. The van der Waals surface area contributed by atoms with Crippen LogP contribution in [0.25, 0.3) is 0 Å². The van der Waals surface area contributed by atoms with Gasteiger partial charge in [0.05, 0.1) is 0 Å². The van der Waals surface area contributed by atoms with Crippen molar-refractivity contribution >= 4 is 12.4 Å². The van der Waals surface area contributed by atoms with Crippen LogP contribution in [0.15, 0.2) is 18.2 Å². The third-order valence-electron chi connectivity index (χ3n) is 3.00. The summed E-state index contributed by atoms with van der Waals surface area (Å²) in [4.78, 5) is 2.22. The third kappa shape index (κ3) is 3.54. The van der Waals surface area contributed by atoms with Crippen LogP contribution < -0.4 is 4.74 Å². The Kier molecular flexibility index (Phi) is 5.15. The molecule has 2 rings (SSSR count). The lowest BCUT2D eigenvalue weighted by Crippen LogP contribution is -2.30. The van der Waals surface area contributed by atoms with Gasteiger partial charge < -0.3 is 9.64 Å². The van der Waals surface area contributed by atoms with Gasteiger partial charge in [0.15, 0.2) is 11.6 Å².